The predicted octanol–water partition coefficient (Wildman–Crippen LogP) is 4.96. The molecule has 0 radical (unpaired) electrons. The summed E-state index contributed by atoms with van der Waals surface area (Å²) in [5, 5.41) is 12.6. The van der Waals surface area contributed by atoms with Crippen molar-refractivity contribution in [3.05, 3.63) is 30.8 Å². The van der Waals surface area contributed by atoms with Crippen LogP contribution in [0.2, 0.25) is 24.7 Å². The zero-order chi connectivity index (χ0) is 19.8. The van der Waals surface area contributed by atoms with Crippen LogP contribution in [-0.4, -0.2) is 30.9 Å². The predicted molar refractivity (Wildman–Crippen MR) is 98.3 cm³/mol. The summed E-state index contributed by atoms with van der Waals surface area (Å²) in [5.41, 5.74) is -3.91. The maximum Gasteiger partial charge on any atom is 0.425 e. The number of nitro benzene ring substituents is 1. The van der Waals surface area contributed by atoms with E-state index in [4.69, 9.17) is 16.0 Å². The molecule has 0 unspecified atom stereocenters. The number of halogens is 5. The molecule has 0 fully saturated rings. The lowest BCUT2D eigenvalue weighted by Gasteiger charge is -2.36. The fourth-order valence-corrected chi connectivity index (χ4v) is 4.41. The van der Waals surface area contributed by atoms with Crippen LogP contribution < -0.4 is 5.32 Å². The molecule has 1 rings (SSSR count). The molecule has 0 aliphatic heterocycles. The van der Waals surface area contributed by atoms with Crippen molar-refractivity contribution in [3.63, 3.8) is 0 Å². The third kappa shape index (κ3) is 5.05. The van der Waals surface area contributed by atoms with Gasteiger partial charge in [-0.1, -0.05) is 11.6 Å². The number of nitro groups is 1. The first kappa shape index (κ1) is 22.1. The molecule has 1 aromatic carbocycles. The van der Waals surface area contributed by atoms with Gasteiger partial charge in [0.2, 0.25) is 5.60 Å². The molecule has 0 saturated heterocycles. The van der Waals surface area contributed by atoms with Crippen LogP contribution in [0, 0.1) is 13.7 Å². The Hall–Kier alpha value is -0.923. The van der Waals surface area contributed by atoms with Crippen LogP contribution >= 0.6 is 34.2 Å². The van der Waals surface area contributed by atoms with Crippen LogP contribution in [0.1, 0.15) is 6.92 Å². The van der Waals surface area contributed by atoms with Gasteiger partial charge in [0.1, 0.15) is 5.02 Å². The fourth-order valence-electron chi connectivity index (χ4n) is 1.89. The van der Waals surface area contributed by atoms with Gasteiger partial charge in [0.25, 0.3) is 5.91 Å². The van der Waals surface area contributed by atoms with Gasteiger partial charge in [-0.05, 0) is 61.3 Å². The van der Waals surface area contributed by atoms with Crippen molar-refractivity contribution in [1.29, 1.82) is 0 Å². The molecule has 0 spiro atoms. The lowest BCUT2D eigenvalue weighted by Crippen LogP contribution is -2.58. The second-order valence-electron chi connectivity index (χ2n) is 6.21. The molecule has 0 aromatic heterocycles. The van der Waals surface area contributed by atoms with E-state index in [1.54, 1.807) is 22.6 Å². The largest absolute Gasteiger partial charge is 0.425 e. The summed E-state index contributed by atoms with van der Waals surface area (Å²) in [6, 6.07) is 2.46. The van der Waals surface area contributed by atoms with E-state index in [9.17, 15) is 28.1 Å². The number of benzene rings is 1. The number of hydrogen-bond donors (Lipinski definition) is 1. The molecule has 0 aliphatic carbocycles. The Morgan fingerprint density at radius 1 is 1.36 bits per heavy atom. The molecule has 0 bridgehead atoms. The number of alkyl halides is 3. The van der Waals surface area contributed by atoms with Gasteiger partial charge in [-0.2, -0.15) is 13.2 Å². The summed E-state index contributed by atoms with van der Waals surface area (Å²) >= 11 is 7.54. The van der Waals surface area contributed by atoms with E-state index < -0.39 is 41.6 Å². The summed E-state index contributed by atoms with van der Waals surface area (Å²) in [4.78, 5) is 22.6. The van der Waals surface area contributed by atoms with Crippen molar-refractivity contribution in [2.75, 3.05) is 5.32 Å². The van der Waals surface area contributed by atoms with Crippen molar-refractivity contribution in [2.45, 2.75) is 38.3 Å². The summed E-state index contributed by atoms with van der Waals surface area (Å²) in [6.45, 7) is 5.14. The number of carbonyl (C=O) groups excluding carboxylic acids is 1. The van der Waals surface area contributed by atoms with E-state index in [-0.39, 0.29) is 9.26 Å². The Balaban J connectivity index is 3.31. The quantitative estimate of drug-likeness (QED) is 0.263. The molecule has 140 valence electrons. The highest BCUT2D eigenvalue weighted by Gasteiger charge is 2.59. The van der Waals surface area contributed by atoms with Gasteiger partial charge in [-0.3, -0.25) is 14.9 Å². The van der Waals surface area contributed by atoms with Crippen LogP contribution in [0.3, 0.4) is 0 Å². The fraction of sp³-hybridized carbons (Fsp3) is 0.462. The van der Waals surface area contributed by atoms with Gasteiger partial charge in [0.05, 0.1) is 14.2 Å². The molecule has 0 heterocycles. The van der Waals surface area contributed by atoms with E-state index in [0.717, 1.165) is 0 Å². The Bertz CT molecular complexity index is 712. The zero-order valence-electron chi connectivity index (χ0n) is 13.6. The van der Waals surface area contributed by atoms with Crippen molar-refractivity contribution in [1.82, 2.24) is 0 Å². The van der Waals surface area contributed by atoms with Crippen LogP contribution in [0.4, 0.5) is 24.5 Å². The number of anilines is 1. The first-order valence-corrected chi connectivity index (χ1v) is 11.7. The zero-order valence-corrected chi connectivity index (χ0v) is 17.5. The summed E-state index contributed by atoms with van der Waals surface area (Å²) in [6.07, 6.45) is -4.99. The number of nitrogens with one attached hydrogen (secondary N) is 1. The standard InChI is InChI=1S/C13H15ClF3IN2O4Si/c1-12(13(15,16)17,24-25(2,3)4)11(21)19-8-6-5-7(18)10(9(8)14)20(22)23/h5-6H,1-4H3,(H,19,21)/t12-/m1/s1. The Kier molecular flexibility index (Phi) is 6.52. The van der Waals surface area contributed by atoms with Gasteiger partial charge in [0.15, 0.2) is 8.32 Å². The molecule has 1 amide bonds. The normalized spacial score (nSPS) is 14.8. The molecule has 0 saturated carbocycles. The molecule has 1 atom stereocenters. The van der Waals surface area contributed by atoms with Crippen molar-refractivity contribution in [2.24, 2.45) is 0 Å². The minimum Gasteiger partial charge on any atom is -0.397 e. The highest BCUT2D eigenvalue weighted by Crippen LogP contribution is 2.39. The van der Waals surface area contributed by atoms with Crippen molar-refractivity contribution in [3.8, 4) is 0 Å². The van der Waals surface area contributed by atoms with Crippen LogP contribution in [0.25, 0.3) is 0 Å². The van der Waals surface area contributed by atoms with Gasteiger partial charge < -0.3 is 9.74 Å². The number of nitrogens with zero attached hydrogens (tertiary/aromatic N) is 1. The smallest absolute Gasteiger partial charge is 0.397 e. The highest BCUT2D eigenvalue weighted by atomic mass is 127. The molecule has 25 heavy (non-hydrogen) atoms. The Labute approximate surface area is 161 Å². The van der Waals surface area contributed by atoms with Crippen LogP contribution in [-0.2, 0) is 9.22 Å². The summed E-state index contributed by atoms with van der Waals surface area (Å²) in [7, 11) is -2.76. The minimum atomic E-state index is -4.99. The molecule has 12 heteroatoms. The van der Waals surface area contributed by atoms with E-state index in [1.807, 2.05) is 5.32 Å². The monoisotopic (exact) mass is 510 g/mol. The Morgan fingerprint density at radius 2 is 1.88 bits per heavy atom. The molecule has 6 nitrogen and oxygen atoms in total. The first-order valence-electron chi connectivity index (χ1n) is 6.81. The molecule has 0 aliphatic rings. The second kappa shape index (κ2) is 7.37. The highest BCUT2D eigenvalue weighted by molar-refractivity contribution is 14.1. The number of rotatable bonds is 5. The third-order valence-corrected chi connectivity index (χ3v) is 5.26. The van der Waals surface area contributed by atoms with E-state index in [0.29, 0.717) is 6.92 Å². The third-order valence-electron chi connectivity index (χ3n) is 2.98. The maximum absolute atomic E-state index is 13.5. The van der Waals surface area contributed by atoms with Gasteiger partial charge in [-0.25, -0.2) is 0 Å². The van der Waals surface area contributed by atoms with Crippen molar-refractivity contribution < 1.29 is 27.3 Å². The summed E-state index contributed by atoms with van der Waals surface area (Å²) < 4.78 is 45.6. The topological polar surface area (TPSA) is 81.5 Å². The van der Waals surface area contributed by atoms with Gasteiger partial charge in [-0.15, -0.1) is 0 Å². The SMILES string of the molecule is C[C@@](O[Si](C)(C)C)(C(=O)Nc1ccc(I)c([N+](=O)[O-])c1Cl)C(F)(F)F. The lowest BCUT2D eigenvalue weighted by atomic mass is 10.1. The van der Waals surface area contributed by atoms with E-state index in [2.05, 4.69) is 0 Å². The van der Waals surface area contributed by atoms with Crippen molar-refractivity contribution >= 4 is 59.8 Å². The molecular formula is C13H15ClF3IN2O4Si. The van der Waals surface area contributed by atoms with Crippen LogP contribution in [0.5, 0.6) is 0 Å². The molecule has 1 N–H and O–H groups in total. The van der Waals surface area contributed by atoms with Gasteiger partial charge in [0, 0.05) is 0 Å². The first-order chi connectivity index (χ1) is 11.1. The number of carbonyl (C=O) groups is 1. The molecular weight excluding hydrogens is 496 g/mol. The van der Waals surface area contributed by atoms with E-state index in [1.165, 1.54) is 31.8 Å². The minimum absolute atomic E-state index is 0.183. The molecule has 1 aromatic rings. The number of amides is 1. The second-order valence-corrected chi connectivity index (χ2v) is 12.2. The Morgan fingerprint density at radius 3 is 2.28 bits per heavy atom. The summed E-state index contributed by atoms with van der Waals surface area (Å²) in [5.74, 6) is -1.50. The maximum atomic E-state index is 13.5. The van der Waals surface area contributed by atoms with Gasteiger partial charge >= 0.3 is 11.9 Å². The van der Waals surface area contributed by atoms with Crippen LogP contribution in [0.15, 0.2) is 12.1 Å². The number of hydrogen-bond acceptors (Lipinski definition) is 4. The average molecular weight is 511 g/mol. The van der Waals surface area contributed by atoms with E-state index >= 15 is 0 Å². The lowest BCUT2D eigenvalue weighted by molar-refractivity contribution is -0.385. The average Bonchev–Trinajstić information content (AvgIpc) is 2.38.